The van der Waals surface area contributed by atoms with Gasteiger partial charge in [-0.1, -0.05) is 0 Å². The van der Waals surface area contributed by atoms with Crippen LogP contribution in [-0.4, -0.2) is 33.6 Å². The molecule has 2 aromatic rings. The Bertz CT molecular complexity index is 753. The van der Waals surface area contributed by atoms with Crippen LogP contribution < -0.4 is 0 Å². The average molecular weight is 304 g/mol. The molecule has 6 heteroatoms. The van der Waals surface area contributed by atoms with Crippen molar-refractivity contribution >= 4 is 11.9 Å². The van der Waals surface area contributed by atoms with Gasteiger partial charge in [-0.25, -0.2) is 9.59 Å². The van der Waals surface area contributed by atoms with Crippen LogP contribution >= 0.6 is 0 Å². The molecule has 6 nitrogen and oxygen atoms in total. The van der Waals surface area contributed by atoms with Crippen LogP contribution in [-0.2, 0) is 4.74 Å². The summed E-state index contributed by atoms with van der Waals surface area (Å²) in [5, 5.41) is 9.22. The van der Waals surface area contributed by atoms with Gasteiger partial charge in [0.25, 0.3) is 0 Å². The van der Waals surface area contributed by atoms with Crippen molar-refractivity contribution in [1.29, 1.82) is 0 Å². The second kappa shape index (κ2) is 5.71. The molecule has 2 rings (SSSR count). The maximum atomic E-state index is 12.0. The van der Waals surface area contributed by atoms with E-state index in [1.165, 1.54) is 0 Å². The number of carbonyl (C=O) groups is 2. The summed E-state index contributed by atoms with van der Waals surface area (Å²) in [4.78, 5) is 29.2. The van der Waals surface area contributed by atoms with Gasteiger partial charge in [-0.15, -0.1) is 0 Å². The molecule has 22 heavy (non-hydrogen) atoms. The fraction of sp³-hybridized carbons (Fsp3) is 0.375. The van der Waals surface area contributed by atoms with Gasteiger partial charge in [-0.3, -0.25) is 0 Å². The minimum Gasteiger partial charge on any atom is -0.477 e. The molecular formula is C16H20N2O4. The van der Waals surface area contributed by atoms with E-state index in [0.29, 0.717) is 29.3 Å². The van der Waals surface area contributed by atoms with Crippen molar-refractivity contribution in [3.05, 3.63) is 33.6 Å². The van der Waals surface area contributed by atoms with Gasteiger partial charge in [0.2, 0.25) is 0 Å². The fourth-order valence-corrected chi connectivity index (χ4v) is 2.50. The molecule has 118 valence electrons. The molecule has 2 aromatic heterocycles. The van der Waals surface area contributed by atoms with Crippen molar-refractivity contribution in [2.45, 2.75) is 34.6 Å². The molecule has 0 aliphatic rings. The van der Waals surface area contributed by atoms with E-state index in [1.807, 2.05) is 20.8 Å². The van der Waals surface area contributed by atoms with Crippen molar-refractivity contribution in [3.8, 4) is 11.4 Å². The number of aromatic nitrogens is 2. The Balaban J connectivity index is 2.60. The van der Waals surface area contributed by atoms with Crippen molar-refractivity contribution in [3.63, 3.8) is 0 Å². The maximum Gasteiger partial charge on any atom is 0.355 e. The minimum atomic E-state index is -1.00. The first-order valence-electron chi connectivity index (χ1n) is 7.08. The van der Waals surface area contributed by atoms with Crippen LogP contribution in [0, 0.1) is 27.7 Å². The third-order valence-electron chi connectivity index (χ3n) is 4.07. The van der Waals surface area contributed by atoms with Gasteiger partial charge >= 0.3 is 11.9 Å². The van der Waals surface area contributed by atoms with Crippen LogP contribution in [0.3, 0.4) is 0 Å². The van der Waals surface area contributed by atoms with Gasteiger partial charge in [0.1, 0.15) is 11.4 Å². The van der Waals surface area contributed by atoms with Crippen LogP contribution in [0.1, 0.15) is 50.2 Å². The third-order valence-corrected chi connectivity index (χ3v) is 4.07. The highest BCUT2D eigenvalue weighted by atomic mass is 16.5. The maximum absolute atomic E-state index is 12.0. The number of carboxylic acids is 1. The smallest absolute Gasteiger partial charge is 0.355 e. The highest BCUT2D eigenvalue weighted by molar-refractivity contribution is 5.93. The lowest BCUT2D eigenvalue weighted by molar-refractivity contribution is 0.0519. The summed E-state index contributed by atoms with van der Waals surface area (Å²) in [6.45, 7) is 9.39. The molecule has 3 N–H and O–H groups in total. The monoisotopic (exact) mass is 304 g/mol. The Kier molecular flexibility index (Phi) is 4.12. The molecule has 0 radical (unpaired) electrons. The number of carboxylic acid groups (broad SMARTS) is 1. The molecule has 0 fully saturated rings. The predicted octanol–water partition coefficient (Wildman–Crippen LogP) is 3.12. The predicted molar refractivity (Wildman–Crippen MR) is 82.4 cm³/mol. The molecular weight excluding hydrogens is 284 g/mol. The first-order valence-corrected chi connectivity index (χ1v) is 7.08. The first kappa shape index (κ1) is 15.9. The third kappa shape index (κ3) is 2.41. The Morgan fingerprint density at radius 2 is 1.36 bits per heavy atom. The number of ether oxygens (including phenoxy) is 1. The topological polar surface area (TPSA) is 95.2 Å². The van der Waals surface area contributed by atoms with E-state index in [2.05, 4.69) is 9.97 Å². The van der Waals surface area contributed by atoms with Crippen molar-refractivity contribution in [1.82, 2.24) is 9.97 Å². The highest BCUT2D eigenvalue weighted by Crippen LogP contribution is 2.31. The van der Waals surface area contributed by atoms with Crippen molar-refractivity contribution < 1.29 is 19.4 Å². The van der Waals surface area contributed by atoms with E-state index in [-0.39, 0.29) is 5.69 Å². The summed E-state index contributed by atoms with van der Waals surface area (Å²) in [5.74, 6) is -1.41. The lowest BCUT2D eigenvalue weighted by Crippen LogP contribution is -2.06. The second-order valence-corrected chi connectivity index (χ2v) is 5.28. The Morgan fingerprint density at radius 3 is 1.77 bits per heavy atom. The minimum absolute atomic E-state index is 0.164. The molecule has 0 unspecified atom stereocenters. The van der Waals surface area contributed by atoms with Gasteiger partial charge in [0.15, 0.2) is 0 Å². The fourth-order valence-electron chi connectivity index (χ4n) is 2.50. The summed E-state index contributed by atoms with van der Waals surface area (Å²) in [7, 11) is 0. The number of hydrogen-bond donors (Lipinski definition) is 3. The Hall–Kier alpha value is -2.50. The zero-order chi connectivity index (χ0) is 16.6. The van der Waals surface area contributed by atoms with Gasteiger partial charge in [-0.05, 0) is 56.9 Å². The lowest BCUT2D eigenvalue weighted by atomic mass is 10.1. The van der Waals surface area contributed by atoms with Crippen molar-refractivity contribution in [2.24, 2.45) is 0 Å². The van der Waals surface area contributed by atoms with E-state index in [9.17, 15) is 14.7 Å². The highest BCUT2D eigenvalue weighted by Gasteiger charge is 2.23. The summed E-state index contributed by atoms with van der Waals surface area (Å²) in [6, 6.07) is 0. The number of aromatic amines is 2. The summed E-state index contributed by atoms with van der Waals surface area (Å²) < 4.78 is 5.04. The van der Waals surface area contributed by atoms with Gasteiger partial charge in [0.05, 0.1) is 18.0 Å². The molecule has 0 bridgehead atoms. The largest absolute Gasteiger partial charge is 0.477 e. The van der Waals surface area contributed by atoms with E-state index in [0.717, 1.165) is 16.7 Å². The van der Waals surface area contributed by atoms with Crippen LogP contribution in [0.4, 0.5) is 0 Å². The normalized spacial score (nSPS) is 10.8. The first-order chi connectivity index (χ1) is 10.3. The average Bonchev–Trinajstić information content (AvgIpc) is 2.91. The number of carbonyl (C=O) groups excluding carboxylic acids is 1. The van der Waals surface area contributed by atoms with Gasteiger partial charge in [-0.2, -0.15) is 0 Å². The quantitative estimate of drug-likeness (QED) is 0.756. The number of rotatable bonds is 4. The molecule has 0 aromatic carbocycles. The molecule has 0 amide bonds. The Morgan fingerprint density at radius 1 is 0.909 bits per heavy atom. The summed E-state index contributed by atoms with van der Waals surface area (Å²) >= 11 is 0. The summed E-state index contributed by atoms with van der Waals surface area (Å²) in [5.41, 5.74) is 5.19. The van der Waals surface area contributed by atoms with E-state index >= 15 is 0 Å². The van der Waals surface area contributed by atoms with Crippen LogP contribution in [0.5, 0.6) is 0 Å². The number of nitrogens with one attached hydrogen (secondary N) is 2. The number of esters is 1. The summed E-state index contributed by atoms with van der Waals surface area (Å²) in [6.07, 6.45) is 0. The molecule has 0 aliphatic carbocycles. The lowest BCUT2D eigenvalue weighted by Gasteiger charge is -2.00. The van der Waals surface area contributed by atoms with Crippen LogP contribution in [0.15, 0.2) is 0 Å². The second-order valence-electron chi connectivity index (χ2n) is 5.28. The van der Waals surface area contributed by atoms with Gasteiger partial charge < -0.3 is 19.8 Å². The molecule has 0 aliphatic heterocycles. The number of H-pyrrole nitrogens is 2. The molecule has 0 atom stereocenters. The molecule has 0 spiro atoms. The Labute approximate surface area is 128 Å². The van der Waals surface area contributed by atoms with E-state index < -0.39 is 11.9 Å². The zero-order valence-electron chi connectivity index (χ0n) is 13.4. The zero-order valence-corrected chi connectivity index (χ0v) is 13.4. The van der Waals surface area contributed by atoms with Crippen molar-refractivity contribution in [2.75, 3.05) is 6.61 Å². The molecule has 0 saturated heterocycles. The molecule has 2 heterocycles. The molecule has 0 saturated carbocycles. The van der Waals surface area contributed by atoms with Crippen LogP contribution in [0.25, 0.3) is 11.4 Å². The van der Waals surface area contributed by atoms with E-state index in [1.54, 1.807) is 13.8 Å². The number of hydrogen-bond acceptors (Lipinski definition) is 3. The standard InChI is InChI=1S/C16H20N2O4/c1-6-22-16(21)14-10(5)8(3)12(18-14)11-7(2)9(4)13(17-11)15(19)20/h17-18H,6H2,1-5H3,(H,19,20). The van der Waals surface area contributed by atoms with E-state index in [4.69, 9.17) is 4.74 Å². The SMILES string of the molecule is CCOC(=O)c1[nH]c(-c2[nH]c(C(=O)O)c(C)c2C)c(C)c1C. The number of aromatic carboxylic acids is 1. The van der Waals surface area contributed by atoms with Gasteiger partial charge in [0, 0.05) is 0 Å². The van der Waals surface area contributed by atoms with Crippen LogP contribution in [0.2, 0.25) is 0 Å².